The smallest absolute Gasteiger partial charge is 0.241 e. The maximum Gasteiger partial charge on any atom is 0.241 e. The van der Waals surface area contributed by atoms with Crippen molar-refractivity contribution in [3.8, 4) is 0 Å². The van der Waals surface area contributed by atoms with Gasteiger partial charge in [-0.15, -0.1) is 0 Å². The molecule has 0 aliphatic heterocycles. The van der Waals surface area contributed by atoms with Crippen LogP contribution in [0.5, 0.6) is 0 Å². The molecule has 0 aliphatic carbocycles. The number of carbonyl (C=O) groups excluding carboxylic acids is 1. The Labute approximate surface area is 120 Å². The number of rotatable bonds is 7. The highest BCUT2D eigenvalue weighted by Gasteiger charge is 2.19. The summed E-state index contributed by atoms with van der Waals surface area (Å²) in [4.78, 5) is 12.1. The first kappa shape index (κ1) is 16.7. The lowest BCUT2D eigenvalue weighted by atomic mass is 10.1. The highest BCUT2D eigenvalue weighted by Crippen LogP contribution is 2.22. The van der Waals surface area contributed by atoms with Crippen LogP contribution in [0.15, 0.2) is 0 Å². The minimum absolute atomic E-state index is 0.171. The second kappa shape index (κ2) is 7.40. The highest BCUT2D eigenvalue weighted by atomic mass is 16.5. The first-order chi connectivity index (χ1) is 9.38. The number of hydrogen-bond donors (Lipinski definition) is 2. The maximum atomic E-state index is 12.1. The number of aromatic nitrogens is 2. The minimum Gasteiger partial charge on any atom is -0.385 e. The van der Waals surface area contributed by atoms with Crippen molar-refractivity contribution in [2.75, 3.05) is 19.0 Å². The fourth-order valence-electron chi connectivity index (χ4n) is 2.14. The minimum atomic E-state index is -0.522. The van der Waals surface area contributed by atoms with E-state index in [4.69, 9.17) is 10.5 Å². The molecule has 1 aromatic heterocycles. The number of nitrogens with one attached hydrogen (secondary N) is 1. The molecule has 6 nitrogen and oxygen atoms in total. The Morgan fingerprint density at radius 2 is 2.10 bits per heavy atom. The van der Waals surface area contributed by atoms with E-state index in [-0.39, 0.29) is 11.9 Å². The van der Waals surface area contributed by atoms with Crippen LogP contribution in [0.25, 0.3) is 0 Å². The number of anilines is 1. The molecule has 0 aromatic carbocycles. The van der Waals surface area contributed by atoms with Gasteiger partial charge in [-0.2, -0.15) is 5.10 Å². The summed E-state index contributed by atoms with van der Waals surface area (Å²) in [7, 11) is 1.64. The molecule has 1 unspecified atom stereocenters. The first-order valence-electron chi connectivity index (χ1n) is 6.99. The lowest BCUT2D eigenvalue weighted by Gasteiger charge is -2.13. The third-order valence-electron chi connectivity index (χ3n) is 3.26. The van der Waals surface area contributed by atoms with E-state index in [1.54, 1.807) is 7.11 Å². The second-order valence-corrected chi connectivity index (χ2v) is 5.31. The molecule has 0 aliphatic rings. The van der Waals surface area contributed by atoms with Gasteiger partial charge in [0.05, 0.1) is 23.1 Å². The van der Waals surface area contributed by atoms with Gasteiger partial charge in [0, 0.05) is 19.8 Å². The van der Waals surface area contributed by atoms with Crippen molar-refractivity contribution in [2.24, 2.45) is 5.73 Å². The van der Waals surface area contributed by atoms with Crippen LogP contribution in [0, 0.1) is 13.8 Å². The standard InChI is InChI=1S/C14H26N4O2/c1-9(2)18-11(4)13(10(3)17-18)16-14(19)12(15)7-6-8-20-5/h9,12H,6-8,15H2,1-5H3,(H,16,19). The SMILES string of the molecule is COCCCC(N)C(=O)Nc1c(C)nn(C(C)C)c1C. The van der Waals surface area contributed by atoms with E-state index < -0.39 is 6.04 Å². The zero-order valence-corrected chi connectivity index (χ0v) is 13.1. The molecule has 1 atom stereocenters. The third kappa shape index (κ3) is 4.05. The summed E-state index contributed by atoms with van der Waals surface area (Å²) in [6, 6.07) is -0.263. The summed E-state index contributed by atoms with van der Waals surface area (Å²) >= 11 is 0. The van der Waals surface area contributed by atoms with Crippen LogP contribution >= 0.6 is 0 Å². The number of nitrogens with zero attached hydrogens (tertiary/aromatic N) is 2. The zero-order chi connectivity index (χ0) is 15.3. The molecule has 0 bridgehead atoms. The lowest BCUT2D eigenvalue weighted by molar-refractivity contribution is -0.117. The van der Waals surface area contributed by atoms with E-state index in [9.17, 15) is 4.79 Å². The topological polar surface area (TPSA) is 82.2 Å². The fourth-order valence-corrected chi connectivity index (χ4v) is 2.14. The van der Waals surface area contributed by atoms with Crippen molar-refractivity contribution < 1.29 is 9.53 Å². The molecule has 114 valence electrons. The Hall–Kier alpha value is -1.40. The quantitative estimate of drug-likeness (QED) is 0.747. The predicted molar refractivity (Wildman–Crippen MR) is 79.8 cm³/mol. The molecule has 0 radical (unpaired) electrons. The van der Waals surface area contributed by atoms with E-state index in [2.05, 4.69) is 24.3 Å². The third-order valence-corrected chi connectivity index (χ3v) is 3.26. The van der Waals surface area contributed by atoms with Crippen LogP contribution in [0.1, 0.15) is 44.1 Å². The molecule has 0 saturated heterocycles. The van der Waals surface area contributed by atoms with Gasteiger partial charge in [0.1, 0.15) is 0 Å². The highest BCUT2D eigenvalue weighted by molar-refractivity contribution is 5.95. The van der Waals surface area contributed by atoms with Gasteiger partial charge in [-0.1, -0.05) is 0 Å². The van der Waals surface area contributed by atoms with Gasteiger partial charge in [-0.25, -0.2) is 0 Å². The summed E-state index contributed by atoms with van der Waals surface area (Å²) in [5, 5.41) is 7.33. The van der Waals surface area contributed by atoms with Crippen LogP contribution in [-0.2, 0) is 9.53 Å². The Morgan fingerprint density at radius 1 is 1.45 bits per heavy atom. The molecule has 1 aromatic rings. The average molecular weight is 282 g/mol. The number of methoxy groups -OCH3 is 1. The molecule has 6 heteroatoms. The number of amides is 1. The van der Waals surface area contributed by atoms with Crippen molar-refractivity contribution in [1.82, 2.24) is 9.78 Å². The molecule has 20 heavy (non-hydrogen) atoms. The number of nitrogens with two attached hydrogens (primary N) is 1. The summed E-state index contributed by atoms with van der Waals surface area (Å²) in [5.74, 6) is -0.171. The molecule has 1 rings (SSSR count). The lowest BCUT2D eigenvalue weighted by Crippen LogP contribution is -2.36. The Morgan fingerprint density at radius 3 is 2.60 bits per heavy atom. The van der Waals surface area contributed by atoms with Gasteiger partial charge in [0.15, 0.2) is 0 Å². The van der Waals surface area contributed by atoms with Crippen LogP contribution in [0.3, 0.4) is 0 Å². The summed E-state index contributed by atoms with van der Waals surface area (Å²) in [5.41, 5.74) is 8.41. The molecule has 0 saturated carbocycles. The van der Waals surface area contributed by atoms with Gasteiger partial charge in [0.2, 0.25) is 5.91 Å². The Balaban J connectivity index is 2.71. The van der Waals surface area contributed by atoms with E-state index in [0.717, 1.165) is 23.5 Å². The Kier molecular flexibility index (Phi) is 6.16. The average Bonchev–Trinajstić information content (AvgIpc) is 2.67. The van der Waals surface area contributed by atoms with E-state index in [1.165, 1.54) is 0 Å². The van der Waals surface area contributed by atoms with Crippen LogP contribution in [0.4, 0.5) is 5.69 Å². The second-order valence-electron chi connectivity index (χ2n) is 5.31. The number of carbonyl (C=O) groups is 1. The van der Waals surface area contributed by atoms with Crippen LogP contribution in [0.2, 0.25) is 0 Å². The van der Waals surface area contributed by atoms with E-state index in [0.29, 0.717) is 13.0 Å². The van der Waals surface area contributed by atoms with Crippen molar-refractivity contribution in [1.29, 1.82) is 0 Å². The summed E-state index contributed by atoms with van der Waals surface area (Å²) in [6.45, 7) is 8.57. The normalized spacial score (nSPS) is 12.8. The summed E-state index contributed by atoms with van der Waals surface area (Å²) < 4.78 is 6.86. The van der Waals surface area contributed by atoms with Crippen LogP contribution < -0.4 is 11.1 Å². The van der Waals surface area contributed by atoms with Gasteiger partial charge in [-0.3, -0.25) is 9.48 Å². The first-order valence-corrected chi connectivity index (χ1v) is 6.99. The number of ether oxygens (including phenoxy) is 1. The predicted octanol–water partition coefficient (Wildman–Crippen LogP) is 1.77. The number of aryl methyl sites for hydroxylation is 1. The molecule has 3 N–H and O–H groups in total. The largest absolute Gasteiger partial charge is 0.385 e. The van der Waals surface area contributed by atoms with Gasteiger partial charge in [0.25, 0.3) is 0 Å². The zero-order valence-electron chi connectivity index (χ0n) is 13.1. The fraction of sp³-hybridized carbons (Fsp3) is 0.714. The monoisotopic (exact) mass is 282 g/mol. The molecule has 1 heterocycles. The Bertz CT molecular complexity index is 454. The molecule has 0 fully saturated rings. The molecule has 1 amide bonds. The van der Waals surface area contributed by atoms with Crippen LogP contribution in [-0.4, -0.2) is 35.4 Å². The van der Waals surface area contributed by atoms with E-state index in [1.807, 2.05) is 18.5 Å². The van der Waals surface area contributed by atoms with Crippen molar-refractivity contribution in [3.63, 3.8) is 0 Å². The van der Waals surface area contributed by atoms with Crippen molar-refractivity contribution in [3.05, 3.63) is 11.4 Å². The number of hydrogen-bond acceptors (Lipinski definition) is 4. The summed E-state index contributed by atoms with van der Waals surface area (Å²) in [6.07, 6.45) is 1.38. The van der Waals surface area contributed by atoms with Gasteiger partial charge in [-0.05, 0) is 40.5 Å². The molecule has 0 spiro atoms. The maximum absolute atomic E-state index is 12.1. The van der Waals surface area contributed by atoms with E-state index >= 15 is 0 Å². The van der Waals surface area contributed by atoms with Crippen molar-refractivity contribution >= 4 is 11.6 Å². The van der Waals surface area contributed by atoms with Gasteiger partial charge < -0.3 is 15.8 Å². The molecular weight excluding hydrogens is 256 g/mol. The van der Waals surface area contributed by atoms with Crippen molar-refractivity contribution in [2.45, 2.75) is 52.6 Å². The van der Waals surface area contributed by atoms with Gasteiger partial charge >= 0.3 is 0 Å². The molecular formula is C14H26N4O2.